The van der Waals surface area contributed by atoms with Crippen molar-refractivity contribution in [1.29, 1.82) is 0 Å². The minimum Gasteiger partial charge on any atom is -0.309 e. The Balaban J connectivity index is 1.27. The number of para-hydroxylation sites is 1. The Bertz CT molecular complexity index is 2640. The van der Waals surface area contributed by atoms with Crippen molar-refractivity contribution in [3.63, 3.8) is 0 Å². The molecule has 2 heteroatoms. The summed E-state index contributed by atoms with van der Waals surface area (Å²) in [6.07, 6.45) is 6.29. The number of benzene rings is 7. The molecule has 0 aliphatic heterocycles. The van der Waals surface area contributed by atoms with E-state index >= 15 is 0 Å². The van der Waals surface area contributed by atoms with E-state index in [0.717, 1.165) is 0 Å². The highest BCUT2D eigenvalue weighted by atomic mass is 32.1. The van der Waals surface area contributed by atoms with Gasteiger partial charge in [-0.15, -0.1) is 11.3 Å². The Hall–Kier alpha value is -5.44. The molecule has 0 amide bonds. The van der Waals surface area contributed by atoms with Gasteiger partial charge in [0.05, 0.1) is 11.0 Å². The zero-order chi connectivity index (χ0) is 30.1. The normalized spacial score (nSPS) is 12.1. The van der Waals surface area contributed by atoms with Gasteiger partial charge in [-0.2, -0.15) is 0 Å². The van der Waals surface area contributed by atoms with Gasteiger partial charge in [0.1, 0.15) is 0 Å². The average Bonchev–Trinajstić information content (AvgIpc) is 3.62. The van der Waals surface area contributed by atoms with Crippen LogP contribution in [-0.4, -0.2) is 4.57 Å². The van der Waals surface area contributed by atoms with E-state index in [1.54, 1.807) is 11.3 Å². The zero-order valence-corrected chi connectivity index (χ0v) is 25.7. The van der Waals surface area contributed by atoms with Gasteiger partial charge < -0.3 is 4.57 Å². The van der Waals surface area contributed by atoms with Crippen LogP contribution < -0.4 is 0 Å². The molecule has 0 aliphatic rings. The van der Waals surface area contributed by atoms with Crippen molar-refractivity contribution in [1.82, 2.24) is 4.57 Å². The largest absolute Gasteiger partial charge is 0.309 e. The maximum absolute atomic E-state index is 4.07. The molecule has 0 saturated heterocycles. The molecular formula is C43H29NS. The molecule has 0 N–H and O–H groups in total. The van der Waals surface area contributed by atoms with Gasteiger partial charge >= 0.3 is 0 Å². The lowest BCUT2D eigenvalue weighted by molar-refractivity contribution is 1.19. The number of thiophene rings is 1. The second-order valence-corrected chi connectivity index (χ2v) is 12.8. The van der Waals surface area contributed by atoms with Crippen molar-refractivity contribution in [2.24, 2.45) is 0 Å². The monoisotopic (exact) mass is 591 g/mol. The van der Waals surface area contributed by atoms with Crippen LogP contribution in [0.4, 0.5) is 0 Å². The summed E-state index contributed by atoms with van der Waals surface area (Å²) in [4.78, 5) is 1.21. The number of aromatic nitrogens is 1. The van der Waals surface area contributed by atoms with Crippen LogP contribution in [0, 0.1) is 0 Å². The number of allylic oxidation sites excluding steroid dienone is 1. The molecule has 0 spiro atoms. The van der Waals surface area contributed by atoms with E-state index in [1.165, 1.54) is 91.5 Å². The molecular weight excluding hydrogens is 563 g/mol. The fraction of sp³-hybridized carbons (Fsp3) is 0.0233. The third kappa shape index (κ3) is 3.86. The summed E-state index contributed by atoms with van der Waals surface area (Å²) in [7, 11) is 0. The Labute approximate surface area is 265 Å². The Kier molecular flexibility index (Phi) is 5.81. The first-order chi connectivity index (χ1) is 22.2. The minimum absolute atomic E-state index is 1.17. The molecule has 212 valence electrons. The first-order valence-corrected chi connectivity index (χ1v) is 16.2. The molecule has 9 aromatic rings. The van der Waals surface area contributed by atoms with Crippen LogP contribution in [0.5, 0.6) is 0 Å². The summed E-state index contributed by atoms with van der Waals surface area (Å²) in [5.41, 5.74) is 7.30. The first-order valence-electron chi connectivity index (χ1n) is 15.4. The standard InChI is InChI=1S/C43H29NS/c1-3-11-36-39-26-29(20-23-43(39)45-42(36)4-2)44-40-17-10-9-16-35(40)38-25-28(19-22-41(38)44)27-18-21-34-32-14-6-5-12-30(32)31-13-7-8-15-33(31)37(34)24-27/h3-26H,2H2,1H3/b11-3-. The van der Waals surface area contributed by atoms with E-state index < -0.39 is 0 Å². The van der Waals surface area contributed by atoms with Crippen LogP contribution >= 0.6 is 11.3 Å². The predicted molar refractivity (Wildman–Crippen MR) is 199 cm³/mol. The van der Waals surface area contributed by atoms with Crippen LogP contribution in [0.1, 0.15) is 17.4 Å². The van der Waals surface area contributed by atoms with E-state index in [9.17, 15) is 0 Å². The zero-order valence-electron chi connectivity index (χ0n) is 24.9. The van der Waals surface area contributed by atoms with Crippen molar-refractivity contribution >= 4 is 87.7 Å². The maximum atomic E-state index is 4.07. The predicted octanol–water partition coefficient (Wildman–Crippen LogP) is 12.8. The molecule has 0 unspecified atom stereocenters. The van der Waals surface area contributed by atoms with Gasteiger partial charge in [0.15, 0.2) is 0 Å². The van der Waals surface area contributed by atoms with Crippen molar-refractivity contribution < 1.29 is 0 Å². The van der Waals surface area contributed by atoms with Gasteiger partial charge in [-0.1, -0.05) is 110 Å². The topological polar surface area (TPSA) is 4.93 Å². The molecule has 0 radical (unpaired) electrons. The molecule has 2 aromatic heterocycles. The molecule has 2 heterocycles. The molecule has 9 rings (SSSR count). The second-order valence-electron chi connectivity index (χ2n) is 11.7. The number of hydrogen-bond acceptors (Lipinski definition) is 1. The van der Waals surface area contributed by atoms with Gasteiger partial charge in [0.2, 0.25) is 0 Å². The van der Waals surface area contributed by atoms with Gasteiger partial charge in [-0.3, -0.25) is 0 Å². The average molecular weight is 592 g/mol. The molecule has 1 nitrogen and oxygen atoms in total. The number of fused-ring (bicyclic) bond motifs is 10. The molecule has 7 aromatic carbocycles. The van der Waals surface area contributed by atoms with Crippen molar-refractivity contribution in [2.45, 2.75) is 6.92 Å². The summed E-state index contributed by atoms with van der Waals surface area (Å²) in [6, 6.07) is 47.1. The van der Waals surface area contributed by atoms with E-state index in [4.69, 9.17) is 0 Å². The van der Waals surface area contributed by atoms with Crippen molar-refractivity contribution in [3.05, 3.63) is 150 Å². The summed E-state index contributed by atoms with van der Waals surface area (Å²) >= 11 is 1.80. The van der Waals surface area contributed by atoms with E-state index in [2.05, 4.69) is 158 Å². The number of rotatable bonds is 4. The molecule has 0 aliphatic carbocycles. The lowest BCUT2D eigenvalue weighted by Crippen LogP contribution is -1.93. The smallest absolute Gasteiger partial charge is 0.0541 e. The Morgan fingerprint density at radius 2 is 1.11 bits per heavy atom. The Morgan fingerprint density at radius 3 is 1.80 bits per heavy atom. The third-order valence-electron chi connectivity index (χ3n) is 9.27. The maximum Gasteiger partial charge on any atom is 0.0541 e. The number of hydrogen-bond donors (Lipinski definition) is 0. The summed E-state index contributed by atoms with van der Waals surface area (Å²) < 4.78 is 3.69. The summed E-state index contributed by atoms with van der Waals surface area (Å²) in [5.74, 6) is 0. The van der Waals surface area contributed by atoms with Crippen molar-refractivity contribution in [2.75, 3.05) is 0 Å². The third-order valence-corrected chi connectivity index (χ3v) is 10.4. The Morgan fingerprint density at radius 1 is 0.533 bits per heavy atom. The van der Waals surface area contributed by atoms with Gasteiger partial charge in [0, 0.05) is 37.0 Å². The lowest BCUT2D eigenvalue weighted by atomic mass is 9.92. The van der Waals surface area contributed by atoms with Crippen LogP contribution in [0.25, 0.3) is 93.2 Å². The van der Waals surface area contributed by atoms with Gasteiger partial charge in [-0.05, 0) is 92.8 Å². The van der Waals surface area contributed by atoms with Crippen LogP contribution in [0.2, 0.25) is 0 Å². The van der Waals surface area contributed by atoms with E-state index in [0.29, 0.717) is 0 Å². The molecule has 0 fully saturated rings. The molecule has 0 bridgehead atoms. The van der Waals surface area contributed by atoms with Gasteiger partial charge in [0.25, 0.3) is 0 Å². The van der Waals surface area contributed by atoms with E-state index in [1.807, 2.05) is 6.08 Å². The SMILES string of the molecule is C=Cc1sc2ccc(-n3c4ccccc4c4cc(-c5ccc6c7ccccc7c7ccccc7c6c5)ccc43)cc2c1/C=C\C. The lowest BCUT2D eigenvalue weighted by Gasteiger charge is -2.12. The van der Waals surface area contributed by atoms with E-state index in [-0.39, 0.29) is 0 Å². The van der Waals surface area contributed by atoms with Crippen molar-refractivity contribution in [3.8, 4) is 16.8 Å². The summed E-state index contributed by atoms with van der Waals surface area (Å²) in [6.45, 7) is 6.15. The quantitative estimate of drug-likeness (QED) is 0.179. The molecule has 0 atom stereocenters. The summed E-state index contributed by atoms with van der Waals surface area (Å²) in [5, 5.41) is 11.6. The molecule has 45 heavy (non-hydrogen) atoms. The highest BCUT2D eigenvalue weighted by Gasteiger charge is 2.16. The second kappa shape index (κ2) is 10.1. The highest BCUT2D eigenvalue weighted by Crippen LogP contribution is 2.40. The minimum atomic E-state index is 1.17. The fourth-order valence-corrected chi connectivity index (χ4v) is 8.29. The highest BCUT2D eigenvalue weighted by molar-refractivity contribution is 7.20. The van der Waals surface area contributed by atoms with Crippen LogP contribution in [0.15, 0.2) is 140 Å². The van der Waals surface area contributed by atoms with Crippen LogP contribution in [-0.2, 0) is 0 Å². The van der Waals surface area contributed by atoms with Crippen LogP contribution in [0.3, 0.4) is 0 Å². The van der Waals surface area contributed by atoms with Gasteiger partial charge in [-0.25, -0.2) is 0 Å². The number of nitrogens with zero attached hydrogens (tertiary/aromatic N) is 1. The molecule has 0 saturated carbocycles. The fourth-order valence-electron chi connectivity index (χ4n) is 7.27. The first kappa shape index (κ1) is 26.0.